The average molecular weight is 327 g/mol. The zero-order valence-electron chi connectivity index (χ0n) is 13.0. The van der Waals surface area contributed by atoms with E-state index in [0.29, 0.717) is 5.95 Å². The van der Waals surface area contributed by atoms with Crippen LogP contribution in [0.5, 0.6) is 0 Å². The molecule has 1 aliphatic heterocycles. The lowest BCUT2D eigenvalue weighted by molar-refractivity contribution is -0.0284. The van der Waals surface area contributed by atoms with Gasteiger partial charge in [-0.2, -0.15) is 0 Å². The lowest BCUT2D eigenvalue weighted by Crippen LogP contribution is -2.31. The predicted octanol–water partition coefficient (Wildman–Crippen LogP) is 1.77. The highest BCUT2D eigenvalue weighted by atomic mass is 19.2. The van der Waals surface area contributed by atoms with Crippen LogP contribution < -0.4 is 5.32 Å². The fraction of sp³-hybridized carbons (Fsp3) is 0.533. The molecule has 0 unspecified atom stereocenters. The van der Waals surface area contributed by atoms with E-state index in [1.165, 1.54) is 4.57 Å². The number of ether oxygens (including phenoxy) is 1. The molecule has 126 valence electrons. The predicted molar refractivity (Wildman–Crippen MR) is 80.0 cm³/mol. The highest BCUT2D eigenvalue weighted by Gasteiger charge is 2.43. The molecule has 0 amide bonds. The van der Waals surface area contributed by atoms with Crippen molar-refractivity contribution < 1.29 is 23.7 Å². The molecule has 3 N–H and O–H groups in total. The van der Waals surface area contributed by atoms with E-state index in [2.05, 4.69) is 10.3 Å². The summed E-state index contributed by atoms with van der Waals surface area (Å²) in [5.74, 6) is -1.71. The summed E-state index contributed by atoms with van der Waals surface area (Å²) in [6.07, 6.45) is -3.82. The van der Waals surface area contributed by atoms with Crippen molar-refractivity contribution in [1.29, 1.82) is 0 Å². The van der Waals surface area contributed by atoms with E-state index in [-0.39, 0.29) is 17.1 Å². The van der Waals surface area contributed by atoms with E-state index in [4.69, 9.17) is 4.74 Å². The first-order chi connectivity index (χ1) is 10.8. The van der Waals surface area contributed by atoms with E-state index in [1.807, 2.05) is 13.8 Å². The molecule has 0 spiro atoms. The van der Waals surface area contributed by atoms with Crippen molar-refractivity contribution in [2.45, 2.75) is 51.4 Å². The van der Waals surface area contributed by atoms with Crippen molar-refractivity contribution >= 4 is 17.0 Å². The number of aromatic nitrogens is 2. The van der Waals surface area contributed by atoms with E-state index in [1.54, 1.807) is 6.92 Å². The molecular formula is C15H19F2N3O3. The number of hydrogen-bond acceptors (Lipinski definition) is 5. The Kier molecular flexibility index (Phi) is 3.99. The van der Waals surface area contributed by atoms with Crippen molar-refractivity contribution in [2.24, 2.45) is 0 Å². The molecule has 2 aromatic rings. The van der Waals surface area contributed by atoms with Crippen LogP contribution in [-0.4, -0.2) is 44.1 Å². The smallest absolute Gasteiger partial charge is 0.206 e. The Morgan fingerprint density at radius 2 is 1.87 bits per heavy atom. The fourth-order valence-corrected chi connectivity index (χ4v) is 2.75. The number of halogens is 2. The molecular weight excluding hydrogens is 308 g/mol. The molecule has 0 radical (unpaired) electrons. The summed E-state index contributed by atoms with van der Waals surface area (Å²) in [4.78, 5) is 4.26. The van der Waals surface area contributed by atoms with Crippen LogP contribution in [0.25, 0.3) is 11.0 Å². The minimum atomic E-state index is -1.21. The number of fused-ring (bicyclic) bond motifs is 1. The van der Waals surface area contributed by atoms with Gasteiger partial charge in [0, 0.05) is 18.2 Å². The molecule has 3 rings (SSSR count). The van der Waals surface area contributed by atoms with Crippen LogP contribution in [0.3, 0.4) is 0 Å². The third kappa shape index (κ3) is 2.66. The number of aliphatic hydroxyl groups is 2. The molecule has 1 aromatic heterocycles. The highest BCUT2D eigenvalue weighted by Crippen LogP contribution is 2.35. The molecule has 1 aliphatic rings. The molecule has 0 saturated carbocycles. The first kappa shape index (κ1) is 16.1. The molecule has 1 aromatic carbocycles. The van der Waals surface area contributed by atoms with Gasteiger partial charge in [0.25, 0.3) is 0 Å². The van der Waals surface area contributed by atoms with E-state index in [0.717, 1.165) is 12.1 Å². The van der Waals surface area contributed by atoms with Crippen molar-refractivity contribution in [2.75, 3.05) is 5.32 Å². The van der Waals surface area contributed by atoms with Crippen LogP contribution in [0.15, 0.2) is 12.1 Å². The number of imidazole rings is 1. The lowest BCUT2D eigenvalue weighted by Gasteiger charge is -2.21. The summed E-state index contributed by atoms with van der Waals surface area (Å²) in [5, 5.41) is 23.2. The summed E-state index contributed by atoms with van der Waals surface area (Å²) in [5.41, 5.74) is 0.509. The maximum atomic E-state index is 13.6. The fourth-order valence-electron chi connectivity index (χ4n) is 2.75. The normalized spacial score (nSPS) is 28.0. The highest BCUT2D eigenvalue weighted by molar-refractivity contribution is 5.79. The minimum Gasteiger partial charge on any atom is -0.388 e. The minimum absolute atomic E-state index is 0.00106. The maximum absolute atomic E-state index is 13.6. The number of rotatable bonds is 3. The van der Waals surface area contributed by atoms with Crippen LogP contribution in [0.1, 0.15) is 27.0 Å². The quantitative estimate of drug-likeness (QED) is 0.801. The van der Waals surface area contributed by atoms with Gasteiger partial charge in [-0.3, -0.25) is 4.57 Å². The lowest BCUT2D eigenvalue weighted by atomic mass is 10.1. The van der Waals surface area contributed by atoms with Crippen LogP contribution in [0.4, 0.5) is 14.7 Å². The maximum Gasteiger partial charge on any atom is 0.206 e. The molecule has 2 heterocycles. The molecule has 8 heteroatoms. The van der Waals surface area contributed by atoms with Crippen LogP contribution in [-0.2, 0) is 4.74 Å². The molecule has 0 aliphatic carbocycles. The van der Waals surface area contributed by atoms with E-state index in [9.17, 15) is 19.0 Å². The number of benzene rings is 1. The summed E-state index contributed by atoms with van der Waals surface area (Å²) >= 11 is 0. The van der Waals surface area contributed by atoms with Gasteiger partial charge in [-0.25, -0.2) is 13.8 Å². The molecule has 1 fully saturated rings. The second kappa shape index (κ2) is 5.70. The first-order valence-corrected chi connectivity index (χ1v) is 7.44. The summed E-state index contributed by atoms with van der Waals surface area (Å²) in [6.45, 7) is 5.39. The number of nitrogens with one attached hydrogen (secondary N) is 1. The Balaban J connectivity index is 2.18. The Hall–Kier alpha value is -1.77. The van der Waals surface area contributed by atoms with Gasteiger partial charge in [-0.05, 0) is 20.8 Å². The average Bonchev–Trinajstić information content (AvgIpc) is 2.91. The van der Waals surface area contributed by atoms with Gasteiger partial charge in [0.05, 0.1) is 17.1 Å². The van der Waals surface area contributed by atoms with Gasteiger partial charge in [0.15, 0.2) is 17.9 Å². The molecule has 23 heavy (non-hydrogen) atoms. The molecule has 0 bridgehead atoms. The standard InChI is InChI=1S/C15H19F2N3O3/c1-6(2)18-15-19-10-4-8(16)9(17)5-11(10)20(15)14-13(22)12(21)7(3)23-14/h4-7,12-14,21-22H,1-3H3,(H,18,19)/t7-,12-,13-,14-/m1/s1. The summed E-state index contributed by atoms with van der Waals surface area (Å²) in [6, 6.07) is 2.00. The van der Waals surface area contributed by atoms with Gasteiger partial charge in [0.2, 0.25) is 5.95 Å². The molecule has 6 nitrogen and oxygen atoms in total. The van der Waals surface area contributed by atoms with Gasteiger partial charge in [-0.1, -0.05) is 0 Å². The first-order valence-electron chi connectivity index (χ1n) is 7.44. The van der Waals surface area contributed by atoms with Crippen molar-refractivity contribution in [3.8, 4) is 0 Å². The van der Waals surface area contributed by atoms with Crippen molar-refractivity contribution in [3.63, 3.8) is 0 Å². The summed E-state index contributed by atoms with van der Waals surface area (Å²) < 4.78 is 34.2. The zero-order chi connectivity index (χ0) is 16.9. The Labute approximate surface area is 131 Å². The van der Waals surface area contributed by atoms with Gasteiger partial charge in [0.1, 0.15) is 12.2 Å². The Morgan fingerprint density at radius 1 is 1.22 bits per heavy atom. The third-order valence-electron chi connectivity index (χ3n) is 3.88. The second-order valence-corrected chi connectivity index (χ2v) is 6.07. The summed E-state index contributed by atoms with van der Waals surface area (Å²) in [7, 11) is 0. The monoisotopic (exact) mass is 327 g/mol. The second-order valence-electron chi connectivity index (χ2n) is 6.07. The van der Waals surface area contributed by atoms with Crippen LogP contribution in [0.2, 0.25) is 0 Å². The number of anilines is 1. The van der Waals surface area contributed by atoms with Crippen LogP contribution in [0, 0.1) is 11.6 Å². The van der Waals surface area contributed by atoms with Gasteiger partial charge in [-0.15, -0.1) is 0 Å². The van der Waals surface area contributed by atoms with Crippen LogP contribution >= 0.6 is 0 Å². The Morgan fingerprint density at radius 3 is 2.43 bits per heavy atom. The van der Waals surface area contributed by atoms with Crippen molar-refractivity contribution in [1.82, 2.24) is 9.55 Å². The van der Waals surface area contributed by atoms with Gasteiger partial charge < -0.3 is 20.3 Å². The zero-order valence-corrected chi connectivity index (χ0v) is 13.0. The molecule has 4 atom stereocenters. The Bertz CT molecular complexity index is 734. The topological polar surface area (TPSA) is 79.5 Å². The molecule has 1 saturated heterocycles. The number of nitrogens with zero attached hydrogens (tertiary/aromatic N) is 2. The van der Waals surface area contributed by atoms with Crippen molar-refractivity contribution in [3.05, 3.63) is 23.8 Å². The van der Waals surface area contributed by atoms with E-state index < -0.39 is 36.2 Å². The SMILES string of the molecule is CC(C)Nc1nc2cc(F)c(F)cc2n1[C@@H]1O[C@H](C)[C@@H](O)[C@H]1O. The van der Waals surface area contributed by atoms with Gasteiger partial charge >= 0.3 is 0 Å². The third-order valence-corrected chi connectivity index (χ3v) is 3.88. The number of aliphatic hydroxyl groups excluding tert-OH is 2. The number of hydrogen-bond donors (Lipinski definition) is 3. The van der Waals surface area contributed by atoms with E-state index >= 15 is 0 Å². The largest absolute Gasteiger partial charge is 0.388 e.